The first-order valence-corrected chi connectivity index (χ1v) is 17.3. The summed E-state index contributed by atoms with van der Waals surface area (Å²) in [5.41, 5.74) is 12.2. The SMILES string of the molecule is COC(=O)Nc1ccc(C(CCN(Cc2ccccc2)CC(O)COc2ccc(OCc3ccccc3)c(N)c2)c2ccc(NC(=O)OC)cc2)cc1. The highest BCUT2D eigenvalue weighted by Crippen LogP contribution is 2.31. The summed E-state index contributed by atoms with van der Waals surface area (Å²) in [4.78, 5) is 25.8. The summed E-state index contributed by atoms with van der Waals surface area (Å²) in [6.07, 6.45) is -1.18. The Morgan fingerprint density at radius 2 is 1.26 bits per heavy atom. The Morgan fingerprint density at radius 1 is 0.717 bits per heavy atom. The molecule has 5 aromatic carbocycles. The van der Waals surface area contributed by atoms with Crippen molar-refractivity contribution in [3.05, 3.63) is 150 Å². The van der Waals surface area contributed by atoms with Gasteiger partial charge >= 0.3 is 12.2 Å². The number of carbonyl (C=O) groups excluding carboxylic acids is 2. The topological polar surface area (TPSA) is 145 Å². The van der Waals surface area contributed by atoms with E-state index < -0.39 is 18.3 Å². The van der Waals surface area contributed by atoms with E-state index in [1.54, 1.807) is 18.2 Å². The average molecular weight is 719 g/mol. The first-order chi connectivity index (χ1) is 25.8. The smallest absolute Gasteiger partial charge is 0.411 e. The molecule has 0 saturated carbocycles. The molecule has 276 valence electrons. The number of carbonyl (C=O) groups is 2. The zero-order chi connectivity index (χ0) is 37.4. The van der Waals surface area contributed by atoms with E-state index in [1.165, 1.54) is 14.2 Å². The summed E-state index contributed by atoms with van der Waals surface area (Å²) in [5, 5.41) is 16.6. The van der Waals surface area contributed by atoms with Crippen LogP contribution in [-0.4, -0.2) is 62.2 Å². The number of benzene rings is 5. The number of nitrogens with two attached hydrogens (primary N) is 1. The van der Waals surface area contributed by atoms with Crippen molar-refractivity contribution in [3.63, 3.8) is 0 Å². The van der Waals surface area contributed by atoms with E-state index in [9.17, 15) is 14.7 Å². The molecule has 0 spiro atoms. The molecule has 0 saturated heterocycles. The monoisotopic (exact) mass is 718 g/mol. The van der Waals surface area contributed by atoms with Crippen LogP contribution in [0.25, 0.3) is 0 Å². The average Bonchev–Trinajstić information content (AvgIpc) is 3.18. The van der Waals surface area contributed by atoms with Crippen LogP contribution in [0.15, 0.2) is 127 Å². The number of methoxy groups -OCH3 is 2. The first-order valence-electron chi connectivity index (χ1n) is 17.3. The summed E-state index contributed by atoms with van der Waals surface area (Å²) in [6.45, 7) is 2.09. The number of aliphatic hydroxyl groups excluding tert-OH is 1. The fourth-order valence-corrected chi connectivity index (χ4v) is 5.88. The van der Waals surface area contributed by atoms with Gasteiger partial charge in [-0.15, -0.1) is 0 Å². The third kappa shape index (κ3) is 12.0. The second kappa shape index (κ2) is 19.5. The second-order valence-electron chi connectivity index (χ2n) is 12.5. The molecule has 5 N–H and O–H groups in total. The summed E-state index contributed by atoms with van der Waals surface area (Å²) < 4.78 is 21.3. The number of anilines is 3. The normalized spacial score (nSPS) is 11.5. The van der Waals surface area contributed by atoms with E-state index in [0.717, 1.165) is 22.3 Å². The molecule has 1 atom stereocenters. The van der Waals surface area contributed by atoms with Crippen molar-refractivity contribution in [2.75, 3.05) is 50.3 Å². The Hall–Kier alpha value is -6.04. The molecular formula is C42H46N4O7. The molecule has 0 aliphatic rings. The maximum absolute atomic E-state index is 11.8. The molecule has 2 amide bonds. The van der Waals surface area contributed by atoms with E-state index in [4.69, 9.17) is 24.7 Å². The lowest BCUT2D eigenvalue weighted by Crippen LogP contribution is -2.36. The first kappa shape index (κ1) is 38.2. The minimum Gasteiger partial charge on any atom is -0.491 e. The minimum absolute atomic E-state index is 0.0494. The van der Waals surface area contributed by atoms with Gasteiger partial charge in [0.1, 0.15) is 30.8 Å². The molecule has 0 heterocycles. The molecule has 53 heavy (non-hydrogen) atoms. The number of nitrogen functional groups attached to an aromatic ring is 1. The standard InChI is InChI=1S/C42H46N4O7/c1-50-41(48)44-34-17-13-32(14-18-34)38(33-15-19-35(20-16-33)45-42(49)51-2)23-24-46(26-30-9-5-3-6-10-30)27-36(47)29-52-37-21-22-40(39(43)25-37)53-28-31-11-7-4-8-12-31/h3-22,25,36,38,47H,23-24,26-29,43H2,1-2H3,(H,44,48)(H,45,49). The summed E-state index contributed by atoms with van der Waals surface area (Å²) >= 11 is 0. The zero-order valence-corrected chi connectivity index (χ0v) is 29.9. The Bertz CT molecular complexity index is 1810. The number of ether oxygens (including phenoxy) is 4. The van der Waals surface area contributed by atoms with Crippen LogP contribution in [0, 0.1) is 0 Å². The maximum atomic E-state index is 11.8. The highest BCUT2D eigenvalue weighted by molar-refractivity contribution is 5.85. The molecule has 0 bridgehead atoms. The van der Waals surface area contributed by atoms with Gasteiger partial charge in [-0.25, -0.2) is 9.59 Å². The highest BCUT2D eigenvalue weighted by atomic mass is 16.5. The van der Waals surface area contributed by atoms with Crippen molar-refractivity contribution in [1.82, 2.24) is 4.90 Å². The number of nitrogens with one attached hydrogen (secondary N) is 2. The van der Waals surface area contributed by atoms with Crippen LogP contribution < -0.4 is 25.8 Å². The van der Waals surface area contributed by atoms with Gasteiger partial charge < -0.3 is 29.8 Å². The fraction of sp³-hybridized carbons (Fsp3) is 0.238. The van der Waals surface area contributed by atoms with Gasteiger partial charge in [-0.05, 0) is 71.6 Å². The minimum atomic E-state index is -0.792. The van der Waals surface area contributed by atoms with E-state index >= 15 is 0 Å². The number of aliphatic hydroxyl groups is 1. The third-order valence-corrected chi connectivity index (χ3v) is 8.60. The number of hydrogen-bond donors (Lipinski definition) is 4. The highest BCUT2D eigenvalue weighted by Gasteiger charge is 2.20. The molecule has 5 rings (SSSR count). The summed E-state index contributed by atoms with van der Waals surface area (Å²) in [5.74, 6) is 1.05. The molecule has 0 aromatic heterocycles. The van der Waals surface area contributed by atoms with Crippen molar-refractivity contribution >= 4 is 29.2 Å². The van der Waals surface area contributed by atoms with Gasteiger partial charge in [0.25, 0.3) is 0 Å². The predicted octanol–water partition coefficient (Wildman–Crippen LogP) is 7.67. The molecular weight excluding hydrogens is 672 g/mol. The van der Waals surface area contributed by atoms with Gasteiger partial charge in [0.2, 0.25) is 0 Å². The Morgan fingerprint density at radius 3 is 1.79 bits per heavy atom. The Labute approximate surface area is 310 Å². The lowest BCUT2D eigenvalue weighted by Gasteiger charge is -2.28. The number of amides is 2. The van der Waals surface area contributed by atoms with Gasteiger partial charge in [-0.2, -0.15) is 0 Å². The van der Waals surface area contributed by atoms with Gasteiger partial charge in [-0.3, -0.25) is 15.5 Å². The Kier molecular flexibility index (Phi) is 14.1. The van der Waals surface area contributed by atoms with Crippen LogP contribution in [-0.2, 0) is 22.6 Å². The van der Waals surface area contributed by atoms with Crippen molar-refractivity contribution < 1.29 is 33.6 Å². The zero-order valence-electron chi connectivity index (χ0n) is 29.9. The maximum Gasteiger partial charge on any atom is 0.411 e. The van der Waals surface area contributed by atoms with E-state index in [2.05, 4.69) is 27.7 Å². The Balaban J connectivity index is 1.27. The molecule has 1 unspecified atom stereocenters. The molecule has 0 fully saturated rings. The van der Waals surface area contributed by atoms with Crippen LogP contribution in [0.3, 0.4) is 0 Å². The van der Waals surface area contributed by atoms with E-state index in [-0.39, 0.29) is 12.5 Å². The number of nitrogens with zero attached hydrogens (tertiary/aromatic N) is 1. The molecule has 11 nitrogen and oxygen atoms in total. The van der Waals surface area contributed by atoms with Gasteiger partial charge in [0.05, 0.1) is 19.9 Å². The van der Waals surface area contributed by atoms with Crippen molar-refractivity contribution in [2.45, 2.75) is 31.6 Å². The van der Waals surface area contributed by atoms with E-state index in [0.29, 0.717) is 61.2 Å². The summed E-state index contributed by atoms with van der Waals surface area (Å²) in [6, 6.07) is 40.5. The molecule has 5 aromatic rings. The lowest BCUT2D eigenvalue weighted by atomic mass is 9.88. The number of rotatable bonds is 17. The summed E-state index contributed by atoms with van der Waals surface area (Å²) in [7, 11) is 2.64. The molecule has 0 aliphatic carbocycles. The van der Waals surface area contributed by atoms with Crippen LogP contribution >= 0.6 is 0 Å². The number of hydrogen-bond acceptors (Lipinski definition) is 9. The van der Waals surface area contributed by atoms with Crippen LogP contribution in [0.2, 0.25) is 0 Å². The van der Waals surface area contributed by atoms with Crippen LogP contribution in [0.5, 0.6) is 11.5 Å². The van der Waals surface area contributed by atoms with Crippen molar-refractivity contribution in [3.8, 4) is 11.5 Å². The quantitative estimate of drug-likeness (QED) is 0.0712. The van der Waals surface area contributed by atoms with Crippen LogP contribution in [0.4, 0.5) is 26.7 Å². The largest absolute Gasteiger partial charge is 0.491 e. The predicted molar refractivity (Wildman–Crippen MR) is 206 cm³/mol. The fourth-order valence-electron chi connectivity index (χ4n) is 5.88. The van der Waals surface area contributed by atoms with Gasteiger partial charge in [0, 0.05) is 36.4 Å². The van der Waals surface area contributed by atoms with Crippen LogP contribution in [0.1, 0.15) is 34.6 Å². The van der Waals surface area contributed by atoms with Crippen molar-refractivity contribution in [2.24, 2.45) is 0 Å². The third-order valence-electron chi connectivity index (χ3n) is 8.60. The lowest BCUT2D eigenvalue weighted by molar-refractivity contribution is 0.0647. The molecule has 0 radical (unpaired) electrons. The van der Waals surface area contributed by atoms with E-state index in [1.807, 2.05) is 97.1 Å². The van der Waals surface area contributed by atoms with Crippen molar-refractivity contribution in [1.29, 1.82) is 0 Å². The molecule has 0 aliphatic heterocycles. The van der Waals surface area contributed by atoms with Gasteiger partial charge in [0.15, 0.2) is 0 Å². The second-order valence-corrected chi connectivity index (χ2v) is 12.5. The molecule has 11 heteroatoms. The van der Waals surface area contributed by atoms with Gasteiger partial charge in [-0.1, -0.05) is 84.9 Å².